The molecule has 7 heteroatoms. The summed E-state index contributed by atoms with van der Waals surface area (Å²) in [5.74, 6) is 1.44. The predicted octanol–water partition coefficient (Wildman–Crippen LogP) is 0.0700. The van der Waals surface area contributed by atoms with Crippen molar-refractivity contribution in [3.63, 3.8) is 0 Å². The Labute approximate surface area is 111 Å². The molecule has 2 atom stereocenters. The van der Waals surface area contributed by atoms with Crippen LogP contribution in [0.4, 0.5) is 4.79 Å². The molecule has 0 radical (unpaired) electrons. The van der Waals surface area contributed by atoms with Crippen LogP contribution in [0.2, 0.25) is 0 Å². The molecule has 0 aromatic heterocycles. The third-order valence-corrected chi connectivity index (χ3v) is 3.36. The molecule has 18 heavy (non-hydrogen) atoms. The minimum Gasteiger partial charge on any atom is -0.444 e. The summed E-state index contributed by atoms with van der Waals surface area (Å²) in [6.07, 6.45) is -0.406. The molecule has 0 bridgehead atoms. The fourth-order valence-corrected chi connectivity index (χ4v) is 2.31. The van der Waals surface area contributed by atoms with Crippen LogP contribution < -0.4 is 16.4 Å². The molecule has 4 N–H and O–H groups in total. The largest absolute Gasteiger partial charge is 0.444 e. The number of nitrogens with one attached hydrogen (secondary N) is 2. The van der Waals surface area contributed by atoms with Crippen LogP contribution in [0, 0.1) is 0 Å². The number of hydrogen-bond donors (Lipinski definition) is 3. The second kappa shape index (κ2) is 6.29. The Balaban J connectivity index is 1.99. The van der Waals surface area contributed by atoms with Gasteiger partial charge in [0.25, 0.3) is 0 Å². The van der Waals surface area contributed by atoms with Crippen molar-refractivity contribution in [2.24, 2.45) is 5.73 Å². The zero-order valence-electron chi connectivity index (χ0n) is 11.0. The predicted molar refractivity (Wildman–Crippen MR) is 71.5 cm³/mol. The van der Waals surface area contributed by atoms with Crippen molar-refractivity contribution >= 4 is 23.8 Å². The van der Waals surface area contributed by atoms with Gasteiger partial charge in [-0.1, -0.05) is 0 Å². The number of nitrogens with two attached hydrogens (primary N) is 1. The Morgan fingerprint density at radius 3 is 2.72 bits per heavy atom. The second-order valence-electron chi connectivity index (χ2n) is 5.14. The number of rotatable bonds is 5. The van der Waals surface area contributed by atoms with Gasteiger partial charge in [0, 0.05) is 18.1 Å². The molecule has 0 saturated carbocycles. The van der Waals surface area contributed by atoms with Gasteiger partial charge in [-0.15, -0.1) is 0 Å². The summed E-state index contributed by atoms with van der Waals surface area (Å²) >= 11 is 1.64. The van der Waals surface area contributed by atoms with Gasteiger partial charge in [0.15, 0.2) is 0 Å². The number of amides is 2. The van der Waals surface area contributed by atoms with Gasteiger partial charge >= 0.3 is 6.09 Å². The number of hydrogen-bond acceptors (Lipinski definition) is 5. The van der Waals surface area contributed by atoms with Crippen molar-refractivity contribution < 1.29 is 14.3 Å². The van der Waals surface area contributed by atoms with Crippen molar-refractivity contribution in [3.8, 4) is 0 Å². The van der Waals surface area contributed by atoms with E-state index in [0.717, 1.165) is 11.5 Å². The maximum atomic E-state index is 11.3. The van der Waals surface area contributed by atoms with Gasteiger partial charge in [0.1, 0.15) is 11.6 Å². The third-order valence-electron chi connectivity index (χ3n) is 2.28. The van der Waals surface area contributed by atoms with Crippen molar-refractivity contribution in [2.75, 3.05) is 18.1 Å². The average Bonchev–Trinajstić information content (AvgIpc) is 2.24. The van der Waals surface area contributed by atoms with Gasteiger partial charge in [0.2, 0.25) is 5.91 Å². The Bertz CT molecular complexity index is 317. The molecular formula is C11H21N3O3S. The summed E-state index contributed by atoms with van der Waals surface area (Å²) in [4.78, 5) is 22.1. The fourth-order valence-electron chi connectivity index (χ4n) is 1.35. The van der Waals surface area contributed by atoms with Crippen molar-refractivity contribution in [3.05, 3.63) is 0 Å². The Morgan fingerprint density at radius 2 is 2.22 bits per heavy atom. The Kier molecular flexibility index (Phi) is 5.28. The Morgan fingerprint density at radius 1 is 1.56 bits per heavy atom. The van der Waals surface area contributed by atoms with Gasteiger partial charge in [-0.3, -0.25) is 4.79 Å². The quantitative estimate of drug-likeness (QED) is 0.488. The van der Waals surface area contributed by atoms with Gasteiger partial charge in [-0.2, -0.15) is 11.8 Å². The summed E-state index contributed by atoms with van der Waals surface area (Å²) in [6, 6.07) is -0.319. The normalized spacial score (nSPS) is 23.0. The number of alkyl carbamates (subject to hydrolysis) is 1. The molecule has 1 unspecified atom stereocenters. The maximum Gasteiger partial charge on any atom is 0.407 e. The summed E-state index contributed by atoms with van der Waals surface area (Å²) in [5.41, 5.74) is 5.11. The minimum atomic E-state index is -0.472. The fraction of sp³-hybridized carbons (Fsp3) is 0.818. The van der Waals surface area contributed by atoms with Crippen LogP contribution >= 0.6 is 11.8 Å². The van der Waals surface area contributed by atoms with Crippen molar-refractivity contribution in [2.45, 2.75) is 38.5 Å². The summed E-state index contributed by atoms with van der Waals surface area (Å²) in [6.45, 7) is 6.00. The van der Waals surface area contributed by atoms with Crippen molar-refractivity contribution in [1.82, 2.24) is 10.6 Å². The lowest BCUT2D eigenvalue weighted by atomic mass is 10.0. The lowest BCUT2D eigenvalue weighted by Gasteiger charge is -2.33. The molecule has 0 spiro atoms. The zero-order valence-corrected chi connectivity index (χ0v) is 11.8. The monoisotopic (exact) mass is 275 g/mol. The lowest BCUT2D eigenvalue weighted by molar-refractivity contribution is -0.129. The third kappa shape index (κ3) is 5.14. The standard InChI is InChI=1S/C11H21N3O3S/c1-11(2,3)17-10(16)13-4-5-18-6-7-8(12)9(15)14-7/h7-8H,4-6,12H2,1-3H3,(H,13,16)(H,14,15)/t7?,8-/m0/s1. The van der Waals surface area contributed by atoms with Crippen LogP contribution in [0.1, 0.15) is 20.8 Å². The van der Waals surface area contributed by atoms with Crippen LogP contribution in [0.3, 0.4) is 0 Å². The first-order valence-electron chi connectivity index (χ1n) is 5.90. The van der Waals surface area contributed by atoms with E-state index in [1.54, 1.807) is 11.8 Å². The average molecular weight is 275 g/mol. The van der Waals surface area contributed by atoms with Gasteiger partial charge in [0.05, 0.1) is 6.04 Å². The molecule has 1 rings (SSSR count). The van der Waals surface area contributed by atoms with E-state index in [1.165, 1.54) is 0 Å². The minimum absolute atomic E-state index is 0.0593. The van der Waals surface area contributed by atoms with E-state index in [4.69, 9.17) is 10.5 Å². The van der Waals surface area contributed by atoms with E-state index in [9.17, 15) is 9.59 Å². The van der Waals surface area contributed by atoms with E-state index >= 15 is 0 Å². The first kappa shape index (κ1) is 15.1. The first-order chi connectivity index (χ1) is 8.29. The molecular weight excluding hydrogens is 254 g/mol. The van der Waals surface area contributed by atoms with Crippen molar-refractivity contribution in [1.29, 1.82) is 0 Å². The van der Waals surface area contributed by atoms with E-state index in [2.05, 4.69) is 10.6 Å². The molecule has 104 valence electrons. The molecule has 0 aliphatic carbocycles. The zero-order chi connectivity index (χ0) is 13.8. The number of thioether (sulfide) groups is 1. The molecule has 1 heterocycles. The lowest BCUT2D eigenvalue weighted by Crippen LogP contribution is -2.67. The van der Waals surface area contributed by atoms with Gasteiger partial charge < -0.3 is 21.1 Å². The van der Waals surface area contributed by atoms with Gasteiger partial charge in [-0.25, -0.2) is 4.79 Å². The number of β-lactam (4-membered cyclic amide) rings is 1. The molecule has 1 fully saturated rings. The van der Waals surface area contributed by atoms with E-state index in [1.807, 2.05) is 20.8 Å². The van der Waals surface area contributed by atoms with E-state index in [-0.39, 0.29) is 18.0 Å². The summed E-state index contributed by atoms with van der Waals surface area (Å²) in [7, 11) is 0. The number of carbonyl (C=O) groups excluding carboxylic acids is 2. The molecule has 6 nitrogen and oxygen atoms in total. The highest BCUT2D eigenvalue weighted by molar-refractivity contribution is 7.99. The van der Waals surface area contributed by atoms with Crippen LogP contribution in [-0.4, -0.2) is 47.7 Å². The first-order valence-corrected chi connectivity index (χ1v) is 7.05. The SMILES string of the molecule is CC(C)(C)OC(=O)NCCSCC1NC(=O)[C@H]1N. The highest BCUT2D eigenvalue weighted by Gasteiger charge is 2.35. The van der Waals surface area contributed by atoms with E-state index in [0.29, 0.717) is 6.54 Å². The molecule has 2 amide bonds. The van der Waals surface area contributed by atoms with Crippen LogP contribution in [0.25, 0.3) is 0 Å². The summed E-state index contributed by atoms with van der Waals surface area (Å²) in [5, 5.41) is 5.39. The maximum absolute atomic E-state index is 11.3. The molecule has 1 aliphatic rings. The molecule has 0 aromatic rings. The highest BCUT2D eigenvalue weighted by Crippen LogP contribution is 2.11. The van der Waals surface area contributed by atoms with Crippen LogP contribution in [-0.2, 0) is 9.53 Å². The molecule has 0 aromatic carbocycles. The van der Waals surface area contributed by atoms with Crippen LogP contribution in [0.15, 0.2) is 0 Å². The molecule has 1 aliphatic heterocycles. The van der Waals surface area contributed by atoms with Gasteiger partial charge in [-0.05, 0) is 20.8 Å². The van der Waals surface area contributed by atoms with E-state index < -0.39 is 11.7 Å². The second-order valence-corrected chi connectivity index (χ2v) is 6.29. The number of carbonyl (C=O) groups is 2. The highest BCUT2D eigenvalue weighted by atomic mass is 32.2. The number of ether oxygens (including phenoxy) is 1. The Hall–Kier alpha value is -0.950. The summed E-state index contributed by atoms with van der Waals surface area (Å²) < 4.78 is 5.09. The van der Waals surface area contributed by atoms with Crippen LogP contribution in [0.5, 0.6) is 0 Å². The molecule has 1 saturated heterocycles. The smallest absolute Gasteiger partial charge is 0.407 e. The topological polar surface area (TPSA) is 93.5 Å².